The van der Waals surface area contributed by atoms with E-state index in [1.807, 2.05) is 0 Å². The van der Waals surface area contributed by atoms with E-state index in [9.17, 15) is 13.6 Å². The average Bonchev–Trinajstić information content (AvgIpc) is 3.10. The van der Waals surface area contributed by atoms with Crippen molar-refractivity contribution in [2.45, 2.75) is 25.2 Å². The van der Waals surface area contributed by atoms with Gasteiger partial charge in [0.05, 0.1) is 0 Å². The van der Waals surface area contributed by atoms with Gasteiger partial charge in [0.2, 0.25) is 5.95 Å². The molecule has 3 rings (SSSR count). The highest BCUT2D eigenvalue weighted by Crippen LogP contribution is 2.39. The molecule has 0 saturated heterocycles. The number of halogens is 3. The van der Waals surface area contributed by atoms with Crippen LogP contribution in [0.5, 0.6) is 0 Å². The van der Waals surface area contributed by atoms with Gasteiger partial charge in [-0.3, -0.25) is 14.5 Å². The SMILES string of the molecule is O=C(Nc1nnc2ccc(Br)cn12)C(F)(F)CC1CC1. The van der Waals surface area contributed by atoms with Gasteiger partial charge in [0.15, 0.2) is 5.65 Å². The van der Waals surface area contributed by atoms with E-state index in [2.05, 4.69) is 31.4 Å². The van der Waals surface area contributed by atoms with E-state index in [-0.39, 0.29) is 11.9 Å². The molecule has 8 heteroatoms. The maximum absolute atomic E-state index is 13.7. The van der Waals surface area contributed by atoms with Gasteiger partial charge in [-0.2, -0.15) is 8.78 Å². The van der Waals surface area contributed by atoms with E-state index < -0.39 is 18.3 Å². The first kappa shape index (κ1) is 13.4. The van der Waals surface area contributed by atoms with Gasteiger partial charge in [0.25, 0.3) is 5.91 Å². The summed E-state index contributed by atoms with van der Waals surface area (Å²) in [5.41, 5.74) is 0.467. The smallest absolute Gasteiger partial charge is 0.289 e. The van der Waals surface area contributed by atoms with Crippen LogP contribution in [0.3, 0.4) is 0 Å². The maximum atomic E-state index is 13.7. The minimum atomic E-state index is -3.38. The highest BCUT2D eigenvalue weighted by molar-refractivity contribution is 9.10. The summed E-state index contributed by atoms with van der Waals surface area (Å²) in [6.07, 6.45) is 2.73. The zero-order valence-corrected chi connectivity index (χ0v) is 11.9. The van der Waals surface area contributed by atoms with Crippen molar-refractivity contribution >= 4 is 33.4 Å². The third-order valence-electron chi connectivity index (χ3n) is 3.17. The molecule has 1 aliphatic carbocycles. The number of anilines is 1. The molecule has 0 atom stereocenters. The van der Waals surface area contributed by atoms with Crippen LogP contribution in [0.4, 0.5) is 14.7 Å². The zero-order valence-electron chi connectivity index (χ0n) is 10.3. The van der Waals surface area contributed by atoms with Crippen LogP contribution < -0.4 is 5.32 Å². The van der Waals surface area contributed by atoms with Gasteiger partial charge >= 0.3 is 5.92 Å². The van der Waals surface area contributed by atoms with Crippen molar-refractivity contribution in [1.29, 1.82) is 0 Å². The highest BCUT2D eigenvalue weighted by Gasteiger charge is 2.44. The second-order valence-electron chi connectivity index (χ2n) is 4.91. The molecule has 0 bridgehead atoms. The van der Waals surface area contributed by atoms with Gasteiger partial charge in [-0.1, -0.05) is 0 Å². The summed E-state index contributed by atoms with van der Waals surface area (Å²) in [6, 6.07) is 3.41. The number of aromatic nitrogens is 3. The van der Waals surface area contributed by atoms with Crippen molar-refractivity contribution in [1.82, 2.24) is 14.6 Å². The molecule has 1 fully saturated rings. The first-order valence-electron chi connectivity index (χ1n) is 6.15. The van der Waals surface area contributed by atoms with E-state index in [0.29, 0.717) is 5.65 Å². The molecule has 2 aromatic heterocycles. The molecule has 0 unspecified atom stereocenters. The minimum absolute atomic E-state index is 0.0122. The molecule has 0 aromatic carbocycles. The Bertz CT molecular complexity index is 669. The Morgan fingerprint density at radius 3 is 2.90 bits per heavy atom. The third-order valence-corrected chi connectivity index (χ3v) is 3.63. The topological polar surface area (TPSA) is 59.3 Å². The number of nitrogens with zero attached hydrogens (tertiary/aromatic N) is 3. The number of alkyl halides is 2. The van der Waals surface area contributed by atoms with Crippen LogP contribution in [0.25, 0.3) is 5.65 Å². The van der Waals surface area contributed by atoms with Crippen LogP contribution in [0.2, 0.25) is 0 Å². The monoisotopic (exact) mass is 344 g/mol. The van der Waals surface area contributed by atoms with Crippen LogP contribution in [0.1, 0.15) is 19.3 Å². The standard InChI is InChI=1S/C12H11BrF2N4O/c13-8-3-4-9-17-18-11(19(9)6-8)16-10(20)12(14,15)5-7-1-2-7/h3-4,6-7H,1-2,5H2,(H,16,18,20). The molecule has 2 aromatic rings. The van der Waals surface area contributed by atoms with E-state index in [1.165, 1.54) is 4.40 Å². The largest absolute Gasteiger partial charge is 0.325 e. The second kappa shape index (κ2) is 4.76. The molecular formula is C12H11BrF2N4O. The van der Waals surface area contributed by atoms with Crippen molar-refractivity contribution in [3.63, 3.8) is 0 Å². The van der Waals surface area contributed by atoms with Crippen LogP contribution in [0, 0.1) is 5.92 Å². The molecule has 1 N–H and O–H groups in total. The molecule has 0 radical (unpaired) electrons. The number of pyridine rings is 1. The lowest BCUT2D eigenvalue weighted by atomic mass is 10.1. The third kappa shape index (κ3) is 2.65. The summed E-state index contributed by atoms with van der Waals surface area (Å²) in [5, 5.41) is 9.66. The summed E-state index contributed by atoms with van der Waals surface area (Å²) in [7, 11) is 0. The lowest BCUT2D eigenvalue weighted by Gasteiger charge is -2.14. The van der Waals surface area contributed by atoms with Crippen LogP contribution in [-0.2, 0) is 4.79 Å². The van der Waals surface area contributed by atoms with Crippen LogP contribution in [0.15, 0.2) is 22.8 Å². The van der Waals surface area contributed by atoms with E-state index in [4.69, 9.17) is 0 Å². The number of fused-ring (bicyclic) bond motifs is 1. The number of carbonyl (C=O) groups is 1. The van der Waals surface area contributed by atoms with Gasteiger partial charge in [-0.25, -0.2) is 0 Å². The first-order chi connectivity index (χ1) is 9.45. The highest BCUT2D eigenvalue weighted by atomic mass is 79.9. The molecule has 0 spiro atoms. The Balaban J connectivity index is 1.81. The number of hydrogen-bond acceptors (Lipinski definition) is 3. The molecule has 106 valence electrons. The van der Waals surface area contributed by atoms with Crippen molar-refractivity contribution in [3.8, 4) is 0 Å². The maximum Gasteiger partial charge on any atom is 0.325 e. The van der Waals surface area contributed by atoms with Crippen LogP contribution in [-0.4, -0.2) is 26.4 Å². The normalized spacial score (nSPS) is 15.6. The minimum Gasteiger partial charge on any atom is -0.289 e. The quantitative estimate of drug-likeness (QED) is 0.927. The van der Waals surface area contributed by atoms with Gasteiger partial charge in [-0.05, 0) is 46.8 Å². The van der Waals surface area contributed by atoms with Crippen LogP contribution >= 0.6 is 15.9 Å². The molecule has 5 nitrogen and oxygen atoms in total. The fraction of sp³-hybridized carbons (Fsp3) is 0.417. The van der Waals surface area contributed by atoms with E-state index in [0.717, 1.165) is 17.3 Å². The first-order valence-corrected chi connectivity index (χ1v) is 6.94. The Morgan fingerprint density at radius 2 is 2.20 bits per heavy atom. The van der Waals surface area contributed by atoms with E-state index >= 15 is 0 Å². The summed E-state index contributed by atoms with van der Waals surface area (Å²) in [4.78, 5) is 11.7. The second-order valence-corrected chi connectivity index (χ2v) is 5.82. The molecule has 1 aliphatic rings. The summed E-state index contributed by atoms with van der Waals surface area (Å²) in [6.45, 7) is 0. The summed E-state index contributed by atoms with van der Waals surface area (Å²) < 4.78 is 29.6. The Kier molecular flexibility index (Phi) is 3.19. The number of amides is 1. The lowest BCUT2D eigenvalue weighted by molar-refractivity contribution is -0.141. The summed E-state index contributed by atoms with van der Waals surface area (Å²) in [5.74, 6) is -4.76. The molecule has 1 saturated carbocycles. The molecule has 0 aliphatic heterocycles. The lowest BCUT2D eigenvalue weighted by Crippen LogP contribution is -2.35. The van der Waals surface area contributed by atoms with Gasteiger partial charge < -0.3 is 0 Å². The van der Waals surface area contributed by atoms with Gasteiger partial charge in [0.1, 0.15) is 0 Å². The van der Waals surface area contributed by atoms with Crippen molar-refractivity contribution < 1.29 is 13.6 Å². The molecule has 20 heavy (non-hydrogen) atoms. The van der Waals surface area contributed by atoms with Crippen molar-refractivity contribution in [2.24, 2.45) is 5.92 Å². The fourth-order valence-electron chi connectivity index (χ4n) is 1.92. The Hall–Kier alpha value is -1.57. The number of nitrogens with one attached hydrogen (secondary N) is 1. The summed E-state index contributed by atoms with van der Waals surface area (Å²) >= 11 is 3.26. The average molecular weight is 345 g/mol. The fourth-order valence-corrected chi connectivity index (χ4v) is 2.26. The molecule has 1 amide bonds. The number of carbonyl (C=O) groups excluding carboxylic acids is 1. The van der Waals surface area contributed by atoms with Crippen molar-refractivity contribution in [2.75, 3.05) is 5.32 Å². The predicted molar refractivity (Wildman–Crippen MR) is 71.6 cm³/mol. The Morgan fingerprint density at radius 1 is 1.45 bits per heavy atom. The predicted octanol–water partition coefficient (Wildman–Crippen LogP) is 2.87. The molecule has 2 heterocycles. The van der Waals surface area contributed by atoms with Gasteiger partial charge in [0, 0.05) is 17.1 Å². The Labute approximate surface area is 121 Å². The van der Waals surface area contributed by atoms with E-state index in [1.54, 1.807) is 18.3 Å². The molecular weight excluding hydrogens is 334 g/mol. The number of rotatable bonds is 4. The van der Waals surface area contributed by atoms with Gasteiger partial charge in [-0.15, -0.1) is 10.2 Å². The van der Waals surface area contributed by atoms with Crippen molar-refractivity contribution in [3.05, 3.63) is 22.8 Å². The number of hydrogen-bond donors (Lipinski definition) is 1. The zero-order chi connectivity index (χ0) is 14.3.